The van der Waals surface area contributed by atoms with Gasteiger partial charge in [0, 0.05) is 0 Å². The molecule has 18 heavy (non-hydrogen) atoms. The van der Waals surface area contributed by atoms with Crippen LogP contribution in [0, 0.1) is 5.92 Å². The fraction of sp³-hybridized carbons (Fsp3) is 0.333. The zero-order valence-electron chi connectivity index (χ0n) is 9.29. The lowest BCUT2D eigenvalue weighted by Gasteiger charge is -2.04. The second-order valence-electron chi connectivity index (χ2n) is 3.30. The van der Waals surface area contributed by atoms with Crippen LogP contribution in [0.15, 0.2) is 5.16 Å². The first-order valence-corrected chi connectivity index (χ1v) is 5.95. The summed E-state index contributed by atoms with van der Waals surface area (Å²) in [5, 5.41) is 12.3. The number of carboxylic acid groups (broad SMARTS) is 1. The number of rotatable bonds is 6. The van der Waals surface area contributed by atoms with Gasteiger partial charge in [-0.05, 0) is 6.92 Å². The number of carboxylic acids is 1. The maximum atomic E-state index is 10.8. The van der Waals surface area contributed by atoms with Crippen LogP contribution in [0.2, 0.25) is 4.34 Å². The van der Waals surface area contributed by atoms with E-state index in [1.807, 2.05) is 0 Å². The van der Waals surface area contributed by atoms with Crippen molar-refractivity contribution < 1.29 is 19.5 Å². The minimum absolute atomic E-state index is 0.122. The normalized spacial score (nSPS) is 13.1. The average Bonchev–Trinajstić information content (AvgIpc) is 2.63. The number of thiazole rings is 1. The quantitative estimate of drug-likeness (QED) is 0.459. The highest BCUT2D eigenvalue weighted by molar-refractivity contribution is 7.19. The van der Waals surface area contributed by atoms with Crippen LogP contribution >= 0.6 is 22.9 Å². The molecule has 0 saturated heterocycles. The predicted molar refractivity (Wildman–Crippen MR) is 66.9 cm³/mol. The molecule has 0 aliphatic rings. The Balaban J connectivity index is 2.75. The molecule has 1 aromatic rings. The topological polar surface area (TPSA) is 115 Å². The third-order valence-corrected chi connectivity index (χ3v) is 2.95. The number of nitrogen functional groups attached to an aromatic ring is 1. The smallest absolute Gasteiger partial charge is 0.309 e. The first kappa shape index (κ1) is 14.4. The number of nitrogens with zero attached hydrogens (tertiary/aromatic N) is 2. The number of aromatic nitrogens is 1. The molecule has 9 heteroatoms. The monoisotopic (exact) mass is 291 g/mol. The van der Waals surface area contributed by atoms with Crippen molar-refractivity contribution in [2.24, 2.45) is 11.1 Å². The zero-order valence-corrected chi connectivity index (χ0v) is 10.9. The first-order valence-electron chi connectivity index (χ1n) is 4.75. The summed E-state index contributed by atoms with van der Waals surface area (Å²) in [6.07, 6.45) is 0.409. The van der Waals surface area contributed by atoms with Gasteiger partial charge in [-0.1, -0.05) is 28.1 Å². The molecule has 0 amide bonds. The number of hydrogen-bond donors (Lipinski definition) is 2. The molecule has 7 nitrogen and oxygen atoms in total. The third-order valence-electron chi connectivity index (χ3n) is 1.87. The van der Waals surface area contributed by atoms with E-state index >= 15 is 0 Å². The number of hydrogen-bond acceptors (Lipinski definition) is 7. The van der Waals surface area contributed by atoms with E-state index in [0.717, 1.165) is 11.3 Å². The molecular weight excluding hydrogens is 282 g/mol. The molecular formula is C9H10ClN3O4S. The fourth-order valence-electron chi connectivity index (χ4n) is 0.886. The number of nitrogens with two attached hydrogens (primary N) is 1. The molecule has 0 saturated carbocycles. The van der Waals surface area contributed by atoms with Gasteiger partial charge in [-0.2, -0.15) is 0 Å². The maximum absolute atomic E-state index is 10.8. The summed E-state index contributed by atoms with van der Waals surface area (Å²) in [6.45, 7) is 1.29. The standard InChI is InChI=1S/C9H10ClN3O4S/c1-4(8(15)16)3-17-13-5(2-14)6-7(10)18-9(11)12-6/h2,4H,3H2,1H3,(H2,11,12)(H,15,16)/b13-5+. The van der Waals surface area contributed by atoms with Crippen molar-refractivity contribution in [3.8, 4) is 0 Å². The number of carbonyl (C=O) groups excluding carboxylic acids is 1. The fourth-order valence-corrected chi connectivity index (χ4v) is 1.83. The Morgan fingerprint density at radius 3 is 2.89 bits per heavy atom. The lowest BCUT2D eigenvalue weighted by Crippen LogP contribution is -2.15. The van der Waals surface area contributed by atoms with Crippen LogP contribution < -0.4 is 5.73 Å². The van der Waals surface area contributed by atoms with Gasteiger partial charge in [-0.3, -0.25) is 9.59 Å². The van der Waals surface area contributed by atoms with Crippen LogP contribution in [0.1, 0.15) is 12.6 Å². The SMILES string of the molecule is CC(CO/N=C(\C=O)c1nc(N)sc1Cl)C(=O)O. The summed E-state index contributed by atoms with van der Waals surface area (Å²) >= 11 is 6.80. The Morgan fingerprint density at radius 1 is 1.78 bits per heavy atom. The number of oxime groups is 1. The minimum Gasteiger partial charge on any atom is -0.481 e. The summed E-state index contributed by atoms with van der Waals surface area (Å²) in [5.74, 6) is -1.76. The van der Waals surface area contributed by atoms with E-state index in [1.54, 1.807) is 0 Å². The molecule has 1 rings (SSSR count). The summed E-state index contributed by atoms with van der Waals surface area (Å²) < 4.78 is 0.216. The summed E-state index contributed by atoms with van der Waals surface area (Å²) in [4.78, 5) is 29.9. The molecule has 1 heterocycles. The van der Waals surface area contributed by atoms with E-state index in [1.165, 1.54) is 6.92 Å². The Labute approximate surface area is 111 Å². The van der Waals surface area contributed by atoms with Gasteiger partial charge in [-0.25, -0.2) is 4.98 Å². The lowest BCUT2D eigenvalue weighted by atomic mass is 10.2. The van der Waals surface area contributed by atoms with Crippen molar-refractivity contribution in [2.45, 2.75) is 6.92 Å². The van der Waals surface area contributed by atoms with Crippen LogP contribution in [0.5, 0.6) is 0 Å². The van der Waals surface area contributed by atoms with Gasteiger partial charge in [0.25, 0.3) is 0 Å². The maximum Gasteiger partial charge on any atom is 0.309 e. The van der Waals surface area contributed by atoms with Crippen molar-refractivity contribution in [3.05, 3.63) is 10.0 Å². The van der Waals surface area contributed by atoms with Crippen LogP contribution in [0.25, 0.3) is 0 Å². The molecule has 1 unspecified atom stereocenters. The van der Waals surface area contributed by atoms with Crippen LogP contribution in [-0.2, 0) is 14.4 Å². The van der Waals surface area contributed by atoms with Gasteiger partial charge in [0.05, 0.1) is 5.92 Å². The van der Waals surface area contributed by atoms with Crippen molar-refractivity contribution in [1.82, 2.24) is 4.98 Å². The van der Waals surface area contributed by atoms with Gasteiger partial charge in [0.15, 0.2) is 17.1 Å². The molecule has 0 aromatic carbocycles. The highest BCUT2D eigenvalue weighted by Crippen LogP contribution is 2.26. The van der Waals surface area contributed by atoms with Crippen LogP contribution in [0.4, 0.5) is 5.13 Å². The first-order chi connectivity index (χ1) is 8.45. The van der Waals surface area contributed by atoms with Crippen LogP contribution in [0.3, 0.4) is 0 Å². The van der Waals surface area contributed by atoms with E-state index in [9.17, 15) is 9.59 Å². The highest BCUT2D eigenvalue weighted by Gasteiger charge is 2.15. The van der Waals surface area contributed by atoms with Gasteiger partial charge < -0.3 is 15.7 Å². The third kappa shape index (κ3) is 3.67. The van der Waals surface area contributed by atoms with E-state index in [-0.39, 0.29) is 27.5 Å². The number of anilines is 1. The molecule has 0 radical (unpaired) electrons. The summed E-state index contributed by atoms with van der Waals surface area (Å²) in [6, 6.07) is 0. The largest absolute Gasteiger partial charge is 0.481 e. The molecule has 0 bridgehead atoms. The summed E-state index contributed by atoms with van der Waals surface area (Å²) in [5.41, 5.74) is 5.41. The Hall–Kier alpha value is -1.67. The molecule has 0 fully saturated rings. The Morgan fingerprint density at radius 2 is 2.44 bits per heavy atom. The van der Waals surface area contributed by atoms with E-state index in [0.29, 0.717) is 6.29 Å². The number of aliphatic carboxylic acids is 1. The molecule has 98 valence electrons. The van der Waals surface area contributed by atoms with Gasteiger partial charge in [0.2, 0.25) is 0 Å². The van der Waals surface area contributed by atoms with E-state index in [2.05, 4.69) is 10.1 Å². The van der Waals surface area contributed by atoms with Crippen molar-refractivity contribution in [1.29, 1.82) is 0 Å². The predicted octanol–water partition coefficient (Wildman–Crippen LogP) is 1.02. The van der Waals surface area contributed by atoms with Gasteiger partial charge in [0.1, 0.15) is 16.6 Å². The zero-order chi connectivity index (χ0) is 13.7. The van der Waals surface area contributed by atoms with Gasteiger partial charge >= 0.3 is 5.97 Å². The second-order valence-corrected chi connectivity index (χ2v) is 4.94. The van der Waals surface area contributed by atoms with Crippen molar-refractivity contribution >= 4 is 46.0 Å². The summed E-state index contributed by atoms with van der Waals surface area (Å²) in [7, 11) is 0. The lowest BCUT2D eigenvalue weighted by molar-refractivity contribution is -0.143. The molecule has 1 atom stereocenters. The Kier molecular flexibility index (Phi) is 5.05. The van der Waals surface area contributed by atoms with E-state index < -0.39 is 11.9 Å². The Bertz CT molecular complexity index is 488. The number of halogens is 1. The molecule has 0 aliphatic heterocycles. The molecule has 0 spiro atoms. The second kappa shape index (κ2) is 6.31. The highest BCUT2D eigenvalue weighted by atomic mass is 35.5. The average molecular weight is 292 g/mol. The van der Waals surface area contributed by atoms with E-state index in [4.69, 9.17) is 27.3 Å². The number of carbonyl (C=O) groups is 2. The van der Waals surface area contributed by atoms with Crippen molar-refractivity contribution in [2.75, 3.05) is 12.3 Å². The molecule has 3 N–H and O–H groups in total. The van der Waals surface area contributed by atoms with Crippen LogP contribution in [-0.4, -0.2) is 34.7 Å². The van der Waals surface area contributed by atoms with Gasteiger partial charge in [-0.15, -0.1) is 0 Å². The molecule has 1 aromatic heterocycles. The molecule has 0 aliphatic carbocycles. The minimum atomic E-state index is -1.02. The number of aldehydes is 1. The van der Waals surface area contributed by atoms with Crippen molar-refractivity contribution in [3.63, 3.8) is 0 Å².